The van der Waals surface area contributed by atoms with Gasteiger partial charge in [0.15, 0.2) is 5.41 Å². The summed E-state index contributed by atoms with van der Waals surface area (Å²) in [5, 5.41) is 23.5. The molecule has 4 nitrogen and oxygen atoms in total. The van der Waals surface area contributed by atoms with Crippen molar-refractivity contribution >= 4 is 23.6 Å². The molecule has 2 aromatic carbocycles. The lowest BCUT2D eigenvalue weighted by Gasteiger charge is -2.45. The molecule has 0 spiro atoms. The third-order valence-electron chi connectivity index (χ3n) is 7.83. The summed E-state index contributed by atoms with van der Waals surface area (Å²) in [4.78, 5) is 13.5. The van der Waals surface area contributed by atoms with E-state index < -0.39 is 11.3 Å². The second-order valence-electron chi connectivity index (χ2n) is 10.3. The summed E-state index contributed by atoms with van der Waals surface area (Å²) in [6, 6.07) is 21.9. The predicted octanol–water partition coefficient (Wildman–Crippen LogP) is 6.29. The van der Waals surface area contributed by atoms with Crippen LogP contribution in [0.2, 0.25) is 5.02 Å². The molecule has 0 aliphatic heterocycles. The third kappa shape index (κ3) is 4.24. The fraction of sp³-hybridized carbons (Fsp3) is 0.414. The number of hydrogen-bond donors (Lipinski definition) is 1. The highest BCUT2D eigenvalue weighted by Crippen LogP contribution is 2.59. The number of hydrogen-bond acceptors (Lipinski definition) is 3. The number of nitriles is 2. The van der Waals surface area contributed by atoms with Gasteiger partial charge in [-0.15, -0.1) is 0 Å². The van der Waals surface area contributed by atoms with Crippen LogP contribution in [0.1, 0.15) is 51.2 Å². The van der Waals surface area contributed by atoms with Gasteiger partial charge in [0.05, 0.1) is 18.1 Å². The van der Waals surface area contributed by atoms with Crippen molar-refractivity contribution in [3.05, 3.63) is 76.3 Å². The molecule has 2 aliphatic rings. The summed E-state index contributed by atoms with van der Waals surface area (Å²) in [6.07, 6.45) is 4.75. The van der Waals surface area contributed by atoms with Crippen LogP contribution in [0, 0.1) is 45.8 Å². The highest BCUT2D eigenvalue weighted by molar-refractivity contribution is 6.32. The molecule has 0 heterocycles. The van der Waals surface area contributed by atoms with E-state index in [-0.39, 0.29) is 23.3 Å². The second-order valence-corrected chi connectivity index (χ2v) is 10.7. The van der Waals surface area contributed by atoms with Gasteiger partial charge in [0.25, 0.3) is 0 Å². The van der Waals surface area contributed by atoms with Crippen molar-refractivity contribution in [2.24, 2.45) is 23.2 Å². The Morgan fingerprint density at radius 2 is 1.74 bits per heavy atom. The van der Waals surface area contributed by atoms with Gasteiger partial charge in [-0.05, 0) is 52.9 Å². The lowest BCUT2D eigenvalue weighted by Crippen LogP contribution is -2.51. The summed E-state index contributed by atoms with van der Waals surface area (Å²) < 4.78 is 0. The molecule has 2 saturated carbocycles. The number of nitrogens with zero attached hydrogens (tertiary/aromatic N) is 2. The molecule has 1 amide bonds. The number of amides is 1. The SMILES string of the molecule is C[C@@H]1CC[C@@H](C(C)(C)c2ccccc2)[C@H](NC(=O)[C@H]2/C(=C/c3ccccc3Cl)C2(C#N)C#N)C1. The van der Waals surface area contributed by atoms with Gasteiger partial charge in [0.1, 0.15) is 0 Å². The zero-order chi connectivity index (χ0) is 24.5. The highest BCUT2D eigenvalue weighted by atomic mass is 35.5. The van der Waals surface area contributed by atoms with Crippen molar-refractivity contribution < 1.29 is 4.79 Å². The van der Waals surface area contributed by atoms with E-state index in [2.05, 4.69) is 62.5 Å². The Morgan fingerprint density at radius 1 is 1.09 bits per heavy atom. The van der Waals surface area contributed by atoms with Gasteiger partial charge in [0.2, 0.25) is 5.91 Å². The molecule has 34 heavy (non-hydrogen) atoms. The molecule has 1 N–H and O–H groups in total. The van der Waals surface area contributed by atoms with E-state index in [4.69, 9.17) is 11.6 Å². The Balaban J connectivity index is 1.61. The normalized spacial score (nSPS) is 26.8. The quantitative estimate of drug-likeness (QED) is 0.557. The van der Waals surface area contributed by atoms with Crippen molar-refractivity contribution in [2.45, 2.75) is 51.5 Å². The topological polar surface area (TPSA) is 76.7 Å². The molecule has 2 aliphatic carbocycles. The monoisotopic (exact) mass is 471 g/mol. The van der Waals surface area contributed by atoms with E-state index in [0.717, 1.165) is 19.3 Å². The first kappa shape index (κ1) is 24.1. The van der Waals surface area contributed by atoms with Crippen molar-refractivity contribution in [2.75, 3.05) is 0 Å². The number of nitrogens with one attached hydrogen (secondary N) is 1. The number of carbonyl (C=O) groups excluding carboxylic acids is 1. The lowest BCUT2D eigenvalue weighted by molar-refractivity contribution is -0.124. The van der Waals surface area contributed by atoms with E-state index >= 15 is 0 Å². The average molecular weight is 472 g/mol. The molecule has 0 saturated heterocycles. The maximum atomic E-state index is 13.5. The van der Waals surface area contributed by atoms with Gasteiger partial charge in [-0.25, -0.2) is 0 Å². The second kappa shape index (κ2) is 9.28. The van der Waals surface area contributed by atoms with E-state index in [1.54, 1.807) is 12.1 Å². The number of halogens is 1. The fourth-order valence-electron chi connectivity index (χ4n) is 5.68. The molecule has 0 bridgehead atoms. The minimum Gasteiger partial charge on any atom is -0.352 e. The third-order valence-corrected chi connectivity index (χ3v) is 8.18. The molecule has 5 heteroatoms. The average Bonchev–Trinajstić information content (AvgIpc) is 3.48. The predicted molar refractivity (Wildman–Crippen MR) is 134 cm³/mol. The maximum absolute atomic E-state index is 13.5. The molecular formula is C29H30ClN3O. The molecule has 4 rings (SSSR count). The Labute approximate surface area is 207 Å². The van der Waals surface area contributed by atoms with Crippen LogP contribution >= 0.6 is 11.6 Å². The Morgan fingerprint density at radius 3 is 2.38 bits per heavy atom. The van der Waals surface area contributed by atoms with Gasteiger partial charge in [-0.1, -0.05) is 93.4 Å². The molecule has 0 radical (unpaired) electrons. The molecule has 174 valence electrons. The van der Waals surface area contributed by atoms with Crippen LogP contribution in [0.5, 0.6) is 0 Å². The Bertz CT molecular complexity index is 1170. The zero-order valence-electron chi connectivity index (χ0n) is 19.9. The first-order valence-corrected chi connectivity index (χ1v) is 12.3. The summed E-state index contributed by atoms with van der Waals surface area (Å²) in [5.74, 6) is -0.267. The van der Waals surface area contributed by atoms with Crippen LogP contribution in [-0.4, -0.2) is 11.9 Å². The van der Waals surface area contributed by atoms with Gasteiger partial charge in [-0.2, -0.15) is 10.5 Å². The van der Waals surface area contributed by atoms with Crippen LogP contribution in [0.15, 0.2) is 60.2 Å². The van der Waals surface area contributed by atoms with Crippen LogP contribution in [0.3, 0.4) is 0 Å². The minimum absolute atomic E-state index is 0.0243. The first-order chi connectivity index (χ1) is 16.2. The summed E-state index contributed by atoms with van der Waals surface area (Å²) in [7, 11) is 0. The largest absolute Gasteiger partial charge is 0.352 e. The Hall–Kier alpha value is -3.08. The Kier molecular flexibility index (Phi) is 6.57. The van der Waals surface area contributed by atoms with Crippen LogP contribution in [0.4, 0.5) is 0 Å². The first-order valence-electron chi connectivity index (χ1n) is 11.9. The molecule has 0 aromatic heterocycles. The summed E-state index contributed by atoms with van der Waals surface area (Å²) in [6.45, 7) is 6.72. The van der Waals surface area contributed by atoms with E-state index in [1.165, 1.54) is 5.56 Å². The molecule has 2 fully saturated rings. The highest BCUT2D eigenvalue weighted by Gasteiger charge is 2.66. The minimum atomic E-state index is -1.44. The standard InChI is InChI=1S/C29H30ClN3O/c1-19-13-14-22(28(2,3)21-10-5-4-6-11-21)25(15-19)33-27(34)26-23(29(26,17-31)18-32)16-20-9-7-8-12-24(20)30/h4-12,16,19,22,25-26H,13-15H2,1-3H3,(H,33,34)/b23-16-/t19-,22-,25-,26-/m1/s1. The molecular weight excluding hydrogens is 442 g/mol. The van der Waals surface area contributed by atoms with E-state index in [1.807, 2.05) is 24.3 Å². The lowest BCUT2D eigenvalue weighted by atomic mass is 9.63. The van der Waals surface area contributed by atoms with Crippen molar-refractivity contribution in [3.8, 4) is 12.1 Å². The van der Waals surface area contributed by atoms with E-state index in [0.29, 0.717) is 22.1 Å². The molecule has 4 atom stereocenters. The van der Waals surface area contributed by atoms with Crippen molar-refractivity contribution in [3.63, 3.8) is 0 Å². The van der Waals surface area contributed by atoms with Crippen LogP contribution < -0.4 is 5.32 Å². The van der Waals surface area contributed by atoms with Gasteiger partial charge >= 0.3 is 0 Å². The van der Waals surface area contributed by atoms with Crippen LogP contribution in [0.25, 0.3) is 6.08 Å². The van der Waals surface area contributed by atoms with Crippen molar-refractivity contribution in [1.29, 1.82) is 10.5 Å². The summed E-state index contributed by atoms with van der Waals surface area (Å²) >= 11 is 6.29. The summed E-state index contributed by atoms with van der Waals surface area (Å²) in [5.41, 5.74) is 0.918. The fourth-order valence-corrected chi connectivity index (χ4v) is 5.87. The smallest absolute Gasteiger partial charge is 0.230 e. The molecule has 2 aromatic rings. The molecule has 0 unspecified atom stereocenters. The zero-order valence-corrected chi connectivity index (χ0v) is 20.6. The van der Waals surface area contributed by atoms with Crippen molar-refractivity contribution in [1.82, 2.24) is 5.32 Å². The van der Waals surface area contributed by atoms with Crippen LogP contribution in [-0.2, 0) is 10.2 Å². The van der Waals surface area contributed by atoms with E-state index in [9.17, 15) is 15.3 Å². The van der Waals surface area contributed by atoms with Gasteiger partial charge in [0, 0.05) is 11.1 Å². The maximum Gasteiger partial charge on any atom is 0.230 e. The number of benzene rings is 2. The number of rotatable bonds is 5. The van der Waals surface area contributed by atoms with Gasteiger partial charge in [-0.3, -0.25) is 4.79 Å². The van der Waals surface area contributed by atoms with Gasteiger partial charge < -0.3 is 5.32 Å². The number of carbonyl (C=O) groups is 1.